The van der Waals surface area contributed by atoms with Crippen LogP contribution in [-0.2, 0) is 9.53 Å². The Balaban J connectivity index is 1.98. The fourth-order valence-electron chi connectivity index (χ4n) is 2.73. The fraction of sp³-hybridized carbons (Fsp3) is 0.562. The van der Waals surface area contributed by atoms with E-state index in [1.54, 1.807) is 7.11 Å². The van der Waals surface area contributed by atoms with Gasteiger partial charge in [0.1, 0.15) is 0 Å². The number of nitrogens with one attached hydrogen (secondary N) is 1. The van der Waals surface area contributed by atoms with Crippen LogP contribution in [0.5, 0.6) is 0 Å². The van der Waals surface area contributed by atoms with Crippen LogP contribution in [0.25, 0.3) is 0 Å². The van der Waals surface area contributed by atoms with Crippen molar-refractivity contribution < 1.29 is 14.6 Å². The smallest absolute Gasteiger partial charge is 0.224 e. The van der Waals surface area contributed by atoms with Crippen molar-refractivity contribution in [2.24, 2.45) is 5.92 Å². The minimum atomic E-state index is -0.534. The molecule has 0 radical (unpaired) electrons. The number of hydrogen-bond donors (Lipinski definition) is 2. The summed E-state index contributed by atoms with van der Waals surface area (Å²) in [7, 11) is 1.59. The summed E-state index contributed by atoms with van der Waals surface area (Å²) in [6.45, 7) is 2.28. The van der Waals surface area contributed by atoms with Gasteiger partial charge in [0, 0.05) is 24.7 Å². The molecule has 0 bridgehead atoms. The summed E-state index contributed by atoms with van der Waals surface area (Å²) in [5.41, 5.74) is 0.503. The topological polar surface area (TPSA) is 58.6 Å². The van der Waals surface area contributed by atoms with Crippen LogP contribution >= 0.6 is 11.6 Å². The Labute approximate surface area is 130 Å². The Bertz CT molecular complexity index is 500. The molecule has 116 valence electrons. The van der Waals surface area contributed by atoms with Crippen molar-refractivity contribution in [3.05, 3.63) is 34.9 Å². The van der Waals surface area contributed by atoms with Gasteiger partial charge in [0.05, 0.1) is 12.1 Å². The number of halogens is 1. The predicted molar refractivity (Wildman–Crippen MR) is 82.4 cm³/mol. The van der Waals surface area contributed by atoms with Gasteiger partial charge in [-0.3, -0.25) is 4.79 Å². The average Bonchev–Trinajstić information content (AvgIpc) is 3.19. The summed E-state index contributed by atoms with van der Waals surface area (Å²) < 4.78 is 5.14. The van der Waals surface area contributed by atoms with Crippen LogP contribution in [0.2, 0.25) is 5.02 Å². The molecule has 21 heavy (non-hydrogen) atoms. The second kappa shape index (κ2) is 6.77. The molecule has 1 aromatic carbocycles. The Morgan fingerprint density at radius 2 is 2.24 bits per heavy atom. The van der Waals surface area contributed by atoms with Gasteiger partial charge in [0.25, 0.3) is 0 Å². The number of hydrogen-bond acceptors (Lipinski definition) is 3. The van der Waals surface area contributed by atoms with Crippen molar-refractivity contribution in [2.45, 2.75) is 31.2 Å². The molecule has 3 atom stereocenters. The molecule has 1 saturated carbocycles. The van der Waals surface area contributed by atoms with Crippen LogP contribution in [0.3, 0.4) is 0 Å². The van der Waals surface area contributed by atoms with Crippen LogP contribution < -0.4 is 5.32 Å². The molecule has 0 aliphatic heterocycles. The number of aliphatic hydroxyl groups excluding tert-OH is 1. The number of amides is 1. The van der Waals surface area contributed by atoms with Gasteiger partial charge >= 0.3 is 0 Å². The zero-order valence-corrected chi connectivity index (χ0v) is 13.2. The molecule has 0 saturated heterocycles. The summed E-state index contributed by atoms with van der Waals surface area (Å²) in [6.07, 6.45) is 1.29. The molecule has 2 rings (SSSR count). The van der Waals surface area contributed by atoms with Crippen LogP contribution in [-0.4, -0.2) is 36.9 Å². The van der Waals surface area contributed by atoms with Gasteiger partial charge in [-0.2, -0.15) is 0 Å². The Kier molecular flexibility index (Phi) is 5.25. The molecule has 0 spiro atoms. The second-order valence-electron chi connectivity index (χ2n) is 5.93. The molecule has 1 aromatic rings. The minimum absolute atomic E-state index is 0.00733. The first kappa shape index (κ1) is 16.3. The largest absolute Gasteiger partial charge is 0.396 e. The van der Waals surface area contributed by atoms with Crippen molar-refractivity contribution >= 4 is 17.5 Å². The van der Waals surface area contributed by atoms with E-state index in [-0.39, 0.29) is 24.3 Å². The molecule has 2 N–H and O–H groups in total. The van der Waals surface area contributed by atoms with E-state index in [0.29, 0.717) is 18.1 Å². The molecule has 1 fully saturated rings. The molecule has 1 aliphatic carbocycles. The lowest BCUT2D eigenvalue weighted by molar-refractivity contribution is -0.125. The van der Waals surface area contributed by atoms with E-state index in [4.69, 9.17) is 21.4 Å². The van der Waals surface area contributed by atoms with E-state index in [9.17, 15) is 4.79 Å². The molecule has 5 heteroatoms. The third-order valence-electron chi connectivity index (χ3n) is 3.98. The van der Waals surface area contributed by atoms with Gasteiger partial charge in [0.15, 0.2) is 0 Å². The molecule has 0 heterocycles. The molecular formula is C16H22ClNO3. The summed E-state index contributed by atoms with van der Waals surface area (Å²) in [6, 6.07) is 7.66. The molecule has 4 nitrogen and oxygen atoms in total. The zero-order valence-electron chi connectivity index (χ0n) is 12.4. The maximum Gasteiger partial charge on any atom is 0.224 e. The Morgan fingerprint density at radius 3 is 2.86 bits per heavy atom. The monoisotopic (exact) mass is 311 g/mol. The van der Waals surface area contributed by atoms with Crippen molar-refractivity contribution in [1.82, 2.24) is 5.32 Å². The van der Waals surface area contributed by atoms with Gasteiger partial charge in [0.2, 0.25) is 5.91 Å². The third-order valence-corrected chi connectivity index (χ3v) is 4.33. The minimum Gasteiger partial charge on any atom is -0.396 e. The summed E-state index contributed by atoms with van der Waals surface area (Å²) in [4.78, 5) is 12.4. The van der Waals surface area contributed by atoms with Gasteiger partial charge < -0.3 is 15.2 Å². The number of benzene rings is 1. The summed E-state index contributed by atoms with van der Waals surface area (Å²) >= 11 is 6.18. The molecule has 3 unspecified atom stereocenters. The van der Waals surface area contributed by atoms with E-state index >= 15 is 0 Å². The number of aliphatic hydroxyl groups is 1. The van der Waals surface area contributed by atoms with Crippen molar-refractivity contribution in [2.75, 3.05) is 20.3 Å². The van der Waals surface area contributed by atoms with E-state index < -0.39 is 5.54 Å². The van der Waals surface area contributed by atoms with E-state index in [1.165, 1.54) is 0 Å². The van der Waals surface area contributed by atoms with Crippen molar-refractivity contribution in [3.8, 4) is 0 Å². The molecule has 0 aromatic heterocycles. The SMILES string of the molecule is COCC(C)(CCO)NC(=O)C1CC1c1ccccc1Cl. The first-order valence-electron chi connectivity index (χ1n) is 7.17. The number of methoxy groups -OCH3 is 1. The first-order chi connectivity index (χ1) is 10.0. The van der Waals surface area contributed by atoms with E-state index in [0.717, 1.165) is 12.0 Å². The van der Waals surface area contributed by atoms with E-state index in [1.807, 2.05) is 31.2 Å². The fourth-order valence-corrected chi connectivity index (χ4v) is 3.01. The molecule has 1 amide bonds. The quantitative estimate of drug-likeness (QED) is 0.812. The average molecular weight is 312 g/mol. The number of carbonyl (C=O) groups is 1. The zero-order chi connectivity index (χ0) is 15.5. The lowest BCUT2D eigenvalue weighted by Crippen LogP contribution is -2.50. The highest BCUT2D eigenvalue weighted by Gasteiger charge is 2.46. The first-order valence-corrected chi connectivity index (χ1v) is 7.55. The Morgan fingerprint density at radius 1 is 1.52 bits per heavy atom. The van der Waals surface area contributed by atoms with Crippen molar-refractivity contribution in [1.29, 1.82) is 0 Å². The molecule has 1 aliphatic rings. The predicted octanol–water partition coefficient (Wildman–Crippen LogP) is 2.35. The number of ether oxygens (including phenoxy) is 1. The Hall–Kier alpha value is -1.10. The highest BCUT2D eigenvalue weighted by Crippen LogP contribution is 2.49. The van der Waals surface area contributed by atoms with Crippen LogP contribution in [0.4, 0.5) is 0 Å². The maximum atomic E-state index is 12.4. The van der Waals surface area contributed by atoms with Crippen molar-refractivity contribution in [3.63, 3.8) is 0 Å². The molecular weight excluding hydrogens is 290 g/mol. The number of rotatable bonds is 7. The normalized spacial score (nSPS) is 23.4. The lowest BCUT2D eigenvalue weighted by atomic mass is 9.98. The third kappa shape index (κ3) is 3.96. The maximum absolute atomic E-state index is 12.4. The van der Waals surface area contributed by atoms with Crippen LogP contribution in [0.1, 0.15) is 31.2 Å². The second-order valence-corrected chi connectivity index (χ2v) is 6.33. The van der Waals surface area contributed by atoms with Crippen LogP contribution in [0.15, 0.2) is 24.3 Å². The van der Waals surface area contributed by atoms with Gasteiger partial charge in [-0.1, -0.05) is 29.8 Å². The lowest BCUT2D eigenvalue weighted by Gasteiger charge is -2.29. The summed E-state index contributed by atoms with van der Waals surface area (Å²) in [5.74, 6) is 0.160. The van der Waals surface area contributed by atoms with E-state index in [2.05, 4.69) is 5.32 Å². The number of carbonyl (C=O) groups excluding carboxylic acids is 1. The van der Waals surface area contributed by atoms with Crippen LogP contribution in [0, 0.1) is 5.92 Å². The summed E-state index contributed by atoms with van der Waals surface area (Å²) in [5, 5.41) is 12.9. The van der Waals surface area contributed by atoms with Gasteiger partial charge in [-0.15, -0.1) is 0 Å². The van der Waals surface area contributed by atoms with Gasteiger partial charge in [-0.05, 0) is 37.3 Å². The highest BCUT2D eigenvalue weighted by molar-refractivity contribution is 6.31. The standard InChI is InChI=1S/C16H22ClNO3/c1-16(7-8-19,10-21-2)18-15(20)13-9-12(13)11-5-3-4-6-14(11)17/h3-6,12-13,19H,7-10H2,1-2H3,(H,18,20). The van der Waals surface area contributed by atoms with Gasteiger partial charge in [-0.25, -0.2) is 0 Å². The highest BCUT2D eigenvalue weighted by atomic mass is 35.5.